The van der Waals surface area contributed by atoms with Gasteiger partial charge in [0.1, 0.15) is 0 Å². The zero-order valence-electron chi connectivity index (χ0n) is 9.70. The van der Waals surface area contributed by atoms with Gasteiger partial charge in [0, 0.05) is 9.37 Å². The molecule has 0 aliphatic heterocycles. The lowest BCUT2D eigenvalue weighted by molar-refractivity contribution is 0.321. The van der Waals surface area contributed by atoms with E-state index in [-0.39, 0.29) is 0 Å². The van der Waals surface area contributed by atoms with Gasteiger partial charge in [-0.15, -0.1) is 12.6 Å². The van der Waals surface area contributed by atoms with E-state index in [1.165, 1.54) is 19.6 Å². The van der Waals surface area contributed by atoms with Gasteiger partial charge in [-0.1, -0.05) is 36.7 Å². The molecule has 15 heavy (non-hydrogen) atoms. The fourth-order valence-corrected chi connectivity index (χ4v) is 1.53. The number of hydrogen-bond acceptors (Lipinski definition) is 2. The van der Waals surface area contributed by atoms with Crippen molar-refractivity contribution in [3.63, 3.8) is 0 Å². The molecule has 0 heterocycles. The number of hydrogen-bond donors (Lipinski definition) is 1. The molecule has 0 spiro atoms. The lowest BCUT2D eigenvalue weighted by atomic mass is 10.4. The van der Waals surface area contributed by atoms with Crippen molar-refractivity contribution in [2.75, 3.05) is 19.6 Å². The van der Waals surface area contributed by atoms with Gasteiger partial charge in [-0.25, -0.2) is 0 Å². The molecule has 3 heteroatoms. The van der Waals surface area contributed by atoms with Gasteiger partial charge in [0.25, 0.3) is 0 Å². The molecule has 0 saturated heterocycles. The highest BCUT2D eigenvalue weighted by molar-refractivity contribution is 9.10. The topological polar surface area (TPSA) is 3.24 Å². The molecule has 0 radical (unpaired) electrons. The van der Waals surface area contributed by atoms with Crippen LogP contribution < -0.4 is 0 Å². The van der Waals surface area contributed by atoms with Gasteiger partial charge in [0.2, 0.25) is 0 Å². The monoisotopic (exact) mass is 289 g/mol. The standard InChI is InChI=1S/C6H5BrS.C6H15N/c7-5-1-3-6(8)4-2-5;1-4-7(5-2)6-3/h1-4,8H;4-6H2,1-3H3. The van der Waals surface area contributed by atoms with E-state index in [9.17, 15) is 0 Å². The quantitative estimate of drug-likeness (QED) is 0.821. The first kappa shape index (κ1) is 15.0. The molecule has 0 aliphatic rings. The van der Waals surface area contributed by atoms with E-state index in [4.69, 9.17) is 0 Å². The molecule has 1 nitrogen and oxygen atoms in total. The second-order valence-electron chi connectivity index (χ2n) is 3.10. The molecule has 1 aromatic rings. The Kier molecular flexibility index (Phi) is 9.26. The molecule has 1 aromatic carbocycles. The Hall–Kier alpha value is 0.01000. The molecule has 86 valence electrons. The fraction of sp³-hybridized carbons (Fsp3) is 0.500. The maximum atomic E-state index is 4.11. The Labute approximate surface area is 107 Å². The van der Waals surface area contributed by atoms with E-state index in [1.807, 2.05) is 24.3 Å². The second-order valence-corrected chi connectivity index (χ2v) is 4.53. The molecular formula is C12H20BrNS. The summed E-state index contributed by atoms with van der Waals surface area (Å²) in [4.78, 5) is 3.37. The van der Waals surface area contributed by atoms with Crippen molar-refractivity contribution in [2.45, 2.75) is 25.7 Å². The van der Waals surface area contributed by atoms with Gasteiger partial charge in [-0.2, -0.15) is 0 Å². The van der Waals surface area contributed by atoms with E-state index in [0.29, 0.717) is 0 Å². The zero-order chi connectivity index (χ0) is 11.7. The van der Waals surface area contributed by atoms with Gasteiger partial charge in [-0.3, -0.25) is 0 Å². The highest BCUT2D eigenvalue weighted by Gasteiger charge is 1.89. The van der Waals surface area contributed by atoms with Crippen LogP contribution >= 0.6 is 28.6 Å². The van der Waals surface area contributed by atoms with Crippen LogP contribution in [0.1, 0.15) is 20.8 Å². The maximum Gasteiger partial charge on any atom is 0.0176 e. The average molecular weight is 290 g/mol. The smallest absolute Gasteiger partial charge is 0.0176 e. The molecule has 0 atom stereocenters. The van der Waals surface area contributed by atoms with Crippen LogP contribution in [-0.2, 0) is 0 Å². The van der Waals surface area contributed by atoms with Crippen molar-refractivity contribution < 1.29 is 0 Å². The molecule has 0 unspecified atom stereocenters. The van der Waals surface area contributed by atoms with Crippen LogP contribution in [0.2, 0.25) is 0 Å². The van der Waals surface area contributed by atoms with Gasteiger partial charge in [-0.05, 0) is 43.9 Å². The van der Waals surface area contributed by atoms with Crippen molar-refractivity contribution in [3.8, 4) is 0 Å². The van der Waals surface area contributed by atoms with Gasteiger partial charge < -0.3 is 4.90 Å². The van der Waals surface area contributed by atoms with E-state index in [0.717, 1.165) is 9.37 Å². The normalized spacial score (nSPS) is 9.73. The van der Waals surface area contributed by atoms with Crippen LogP contribution in [0.3, 0.4) is 0 Å². The summed E-state index contributed by atoms with van der Waals surface area (Å²) in [5.41, 5.74) is 0. The average Bonchev–Trinajstić information content (AvgIpc) is 2.26. The Morgan fingerprint density at radius 3 is 1.60 bits per heavy atom. The summed E-state index contributed by atoms with van der Waals surface area (Å²) in [5.74, 6) is 0. The van der Waals surface area contributed by atoms with Crippen LogP contribution in [0.15, 0.2) is 33.6 Å². The summed E-state index contributed by atoms with van der Waals surface area (Å²) in [7, 11) is 0. The minimum atomic E-state index is 0.994. The summed E-state index contributed by atoms with van der Waals surface area (Å²) in [6.07, 6.45) is 0. The van der Waals surface area contributed by atoms with Crippen molar-refractivity contribution in [1.82, 2.24) is 4.90 Å². The van der Waals surface area contributed by atoms with Gasteiger partial charge in [0.05, 0.1) is 0 Å². The predicted octanol–water partition coefficient (Wildman–Crippen LogP) is 4.09. The Morgan fingerprint density at radius 1 is 1.00 bits per heavy atom. The predicted molar refractivity (Wildman–Crippen MR) is 74.9 cm³/mol. The summed E-state index contributed by atoms with van der Waals surface area (Å²) in [5, 5.41) is 0. The molecule has 0 aliphatic carbocycles. The van der Waals surface area contributed by atoms with E-state index in [2.05, 4.69) is 54.2 Å². The van der Waals surface area contributed by atoms with Gasteiger partial charge >= 0.3 is 0 Å². The number of halogens is 1. The second kappa shape index (κ2) is 9.25. The third-order valence-corrected chi connectivity index (χ3v) is 3.00. The summed E-state index contributed by atoms with van der Waals surface area (Å²) >= 11 is 7.42. The number of rotatable bonds is 3. The molecule has 0 amide bonds. The third-order valence-electron chi connectivity index (χ3n) is 2.17. The minimum Gasteiger partial charge on any atom is -0.304 e. The van der Waals surface area contributed by atoms with Crippen LogP contribution in [0.5, 0.6) is 0 Å². The molecule has 0 N–H and O–H groups in total. The molecule has 1 rings (SSSR count). The Balaban J connectivity index is 0.000000265. The molecule has 0 fully saturated rings. The van der Waals surface area contributed by atoms with Crippen molar-refractivity contribution in [2.24, 2.45) is 0 Å². The first-order chi connectivity index (χ1) is 7.13. The van der Waals surface area contributed by atoms with Crippen molar-refractivity contribution in [3.05, 3.63) is 28.7 Å². The highest BCUT2D eigenvalue weighted by atomic mass is 79.9. The molecule has 0 aromatic heterocycles. The SMILES string of the molecule is CCN(CC)CC.Sc1ccc(Br)cc1. The van der Waals surface area contributed by atoms with E-state index < -0.39 is 0 Å². The lowest BCUT2D eigenvalue weighted by Crippen LogP contribution is -2.21. The summed E-state index contributed by atoms with van der Waals surface area (Å²) in [6.45, 7) is 10.1. The first-order valence-electron chi connectivity index (χ1n) is 5.30. The minimum absolute atomic E-state index is 0.994. The fourth-order valence-electron chi connectivity index (χ4n) is 1.11. The van der Waals surface area contributed by atoms with E-state index in [1.54, 1.807) is 0 Å². The van der Waals surface area contributed by atoms with Crippen LogP contribution in [0.25, 0.3) is 0 Å². The summed E-state index contributed by atoms with van der Waals surface area (Å²) < 4.78 is 1.09. The number of nitrogens with zero attached hydrogens (tertiary/aromatic N) is 1. The van der Waals surface area contributed by atoms with E-state index >= 15 is 0 Å². The Morgan fingerprint density at radius 2 is 1.40 bits per heavy atom. The number of thiol groups is 1. The molecule has 0 bridgehead atoms. The highest BCUT2D eigenvalue weighted by Crippen LogP contribution is 2.11. The third kappa shape index (κ3) is 7.88. The lowest BCUT2D eigenvalue weighted by Gasteiger charge is -2.13. The van der Waals surface area contributed by atoms with Crippen LogP contribution in [0, 0.1) is 0 Å². The maximum absolute atomic E-state index is 4.11. The molecular weight excluding hydrogens is 270 g/mol. The van der Waals surface area contributed by atoms with Gasteiger partial charge in [0.15, 0.2) is 0 Å². The molecule has 0 saturated carbocycles. The zero-order valence-corrected chi connectivity index (χ0v) is 12.2. The first-order valence-corrected chi connectivity index (χ1v) is 6.54. The van der Waals surface area contributed by atoms with Crippen molar-refractivity contribution >= 4 is 28.6 Å². The largest absolute Gasteiger partial charge is 0.304 e. The van der Waals surface area contributed by atoms with Crippen LogP contribution in [-0.4, -0.2) is 24.5 Å². The number of benzene rings is 1. The summed E-state index contributed by atoms with van der Waals surface area (Å²) in [6, 6.07) is 7.80. The van der Waals surface area contributed by atoms with Crippen molar-refractivity contribution in [1.29, 1.82) is 0 Å². The Bertz CT molecular complexity index is 218. The van der Waals surface area contributed by atoms with Crippen LogP contribution in [0.4, 0.5) is 0 Å².